The molecule has 7 nitrogen and oxygen atoms in total. The lowest BCUT2D eigenvalue weighted by atomic mass is 9.96. The van der Waals surface area contributed by atoms with Crippen molar-refractivity contribution in [2.75, 3.05) is 0 Å². The van der Waals surface area contributed by atoms with Crippen LogP contribution in [0.4, 0.5) is 0 Å². The minimum atomic E-state index is -1.26. The Hall–Kier alpha value is -2.38. The number of nitrogens with one attached hydrogen (secondary N) is 1. The monoisotopic (exact) mass is 367 g/mol. The number of hydrogen-bond acceptors (Lipinski definition) is 4. The molecule has 1 aromatic heterocycles. The minimum Gasteiger partial charge on any atom is -0.478 e. The van der Waals surface area contributed by atoms with Crippen molar-refractivity contribution in [3.63, 3.8) is 0 Å². The smallest absolute Gasteiger partial charge is 0.328 e. The molecule has 136 valence electrons. The first-order valence-corrected chi connectivity index (χ1v) is 8.06. The van der Waals surface area contributed by atoms with Gasteiger partial charge in [0.1, 0.15) is 0 Å². The first kappa shape index (κ1) is 20.7. The zero-order valence-electron chi connectivity index (χ0n) is 14.3. The van der Waals surface area contributed by atoms with Crippen LogP contribution < -0.4 is 5.73 Å². The molecule has 0 amide bonds. The van der Waals surface area contributed by atoms with Gasteiger partial charge in [0.15, 0.2) is 0 Å². The number of carboxylic acids is 2. The van der Waals surface area contributed by atoms with Crippen LogP contribution in [0.5, 0.6) is 0 Å². The number of H-pyrrole nitrogens is 1. The third kappa shape index (κ3) is 6.21. The van der Waals surface area contributed by atoms with Crippen molar-refractivity contribution in [1.29, 1.82) is 0 Å². The van der Waals surface area contributed by atoms with Crippen LogP contribution in [0.15, 0.2) is 24.3 Å². The van der Waals surface area contributed by atoms with E-state index >= 15 is 0 Å². The van der Waals surface area contributed by atoms with Gasteiger partial charge < -0.3 is 15.9 Å². The van der Waals surface area contributed by atoms with E-state index in [1.807, 2.05) is 19.1 Å². The molecule has 0 radical (unpaired) electrons. The van der Waals surface area contributed by atoms with Gasteiger partial charge in [-0.05, 0) is 30.5 Å². The molecule has 0 saturated carbocycles. The standard InChI is InChI=1S/C13H18ClN3.C4H4O4/c1-7(2)12-9(14)4-5-10-13(12)11(17-16-10)6-8(3)15;5-3(6)1-2-4(7)8/h4-5,7-8H,6,15H2,1-3H3,(H,16,17);1-2H,(H,5,6)(H,7,8)/b;2-1+. The fraction of sp³-hybridized carbons (Fsp3) is 0.353. The molecule has 1 atom stereocenters. The van der Waals surface area contributed by atoms with Crippen molar-refractivity contribution >= 4 is 34.4 Å². The highest BCUT2D eigenvalue weighted by molar-refractivity contribution is 6.32. The number of halogens is 1. The molecule has 1 aromatic carbocycles. The van der Waals surface area contributed by atoms with E-state index in [1.165, 1.54) is 0 Å². The lowest BCUT2D eigenvalue weighted by Crippen LogP contribution is -2.18. The summed E-state index contributed by atoms with van der Waals surface area (Å²) < 4.78 is 0. The molecule has 0 spiro atoms. The van der Waals surface area contributed by atoms with Crippen LogP contribution in [-0.2, 0) is 16.0 Å². The van der Waals surface area contributed by atoms with Gasteiger partial charge in [0.05, 0.1) is 5.52 Å². The maximum atomic E-state index is 9.55. The predicted molar refractivity (Wildman–Crippen MR) is 97.0 cm³/mol. The first-order valence-electron chi connectivity index (χ1n) is 7.68. The number of aliphatic carboxylic acids is 2. The number of hydrogen-bond donors (Lipinski definition) is 4. The molecule has 1 heterocycles. The van der Waals surface area contributed by atoms with E-state index < -0.39 is 11.9 Å². The van der Waals surface area contributed by atoms with Gasteiger partial charge in [0.2, 0.25) is 0 Å². The molecule has 0 saturated heterocycles. The number of nitrogens with zero attached hydrogens (tertiary/aromatic N) is 1. The van der Waals surface area contributed by atoms with Crippen molar-refractivity contribution < 1.29 is 19.8 Å². The Morgan fingerprint density at radius 2 is 1.80 bits per heavy atom. The predicted octanol–water partition coefficient (Wildman–Crippen LogP) is 2.94. The van der Waals surface area contributed by atoms with Crippen LogP contribution in [0.2, 0.25) is 5.02 Å². The van der Waals surface area contributed by atoms with Crippen LogP contribution in [0.1, 0.15) is 37.9 Å². The van der Waals surface area contributed by atoms with Crippen LogP contribution >= 0.6 is 11.6 Å². The second-order valence-electron chi connectivity index (χ2n) is 5.90. The van der Waals surface area contributed by atoms with Crippen molar-refractivity contribution in [3.05, 3.63) is 40.6 Å². The molecule has 0 bridgehead atoms. The molecular weight excluding hydrogens is 346 g/mol. The number of fused-ring (bicyclic) bond motifs is 1. The largest absolute Gasteiger partial charge is 0.478 e. The van der Waals surface area contributed by atoms with Crippen LogP contribution in [0, 0.1) is 0 Å². The summed E-state index contributed by atoms with van der Waals surface area (Å²) >= 11 is 6.29. The number of rotatable bonds is 5. The zero-order chi connectivity index (χ0) is 19.1. The highest BCUT2D eigenvalue weighted by Crippen LogP contribution is 2.33. The second kappa shape index (κ2) is 9.19. The first-order chi connectivity index (χ1) is 11.6. The molecule has 2 aromatic rings. The van der Waals surface area contributed by atoms with Gasteiger partial charge in [-0.2, -0.15) is 5.10 Å². The van der Waals surface area contributed by atoms with E-state index in [0.29, 0.717) is 18.1 Å². The Bertz CT molecular complexity index is 766. The number of nitrogens with two attached hydrogens (primary N) is 1. The van der Waals surface area contributed by atoms with Gasteiger partial charge >= 0.3 is 11.9 Å². The third-order valence-corrected chi connectivity index (χ3v) is 3.58. The average molecular weight is 368 g/mol. The highest BCUT2D eigenvalue weighted by atomic mass is 35.5. The second-order valence-corrected chi connectivity index (χ2v) is 6.31. The summed E-state index contributed by atoms with van der Waals surface area (Å²) in [4.78, 5) is 19.1. The lowest BCUT2D eigenvalue weighted by molar-refractivity contribution is -0.134. The minimum absolute atomic E-state index is 0.109. The number of aromatic nitrogens is 2. The summed E-state index contributed by atoms with van der Waals surface area (Å²) in [5.74, 6) is -2.14. The van der Waals surface area contributed by atoms with Crippen LogP contribution in [0.3, 0.4) is 0 Å². The van der Waals surface area contributed by atoms with Gasteiger partial charge in [-0.1, -0.05) is 25.4 Å². The van der Waals surface area contributed by atoms with Crippen molar-refractivity contribution in [2.45, 2.75) is 39.2 Å². The SMILES string of the molecule is CC(N)Cc1[nH]nc2ccc(Cl)c(C(C)C)c12.O=C(O)/C=C/C(=O)O. The summed E-state index contributed by atoms with van der Waals surface area (Å²) in [7, 11) is 0. The Morgan fingerprint density at radius 1 is 1.24 bits per heavy atom. The van der Waals surface area contributed by atoms with Gasteiger partial charge in [-0.25, -0.2) is 9.59 Å². The average Bonchev–Trinajstić information content (AvgIpc) is 2.87. The van der Waals surface area contributed by atoms with Gasteiger partial charge in [0.25, 0.3) is 0 Å². The maximum Gasteiger partial charge on any atom is 0.328 e. The summed E-state index contributed by atoms with van der Waals surface area (Å²) in [5.41, 5.74) is 9.07. The number of carbonyl (C=O) groups is 2. The van der Waals surface area contributed by atoms with Crippen molar-refractivity contribution in [3.8, 4) is 0 Å². The van der Waals surface area contributed by atoms with E-state index in [0.717, 1.165) is 33.6 Å². The van der Waals surface area contributed by atoms with E-state index in [2.05, 4.69) is 24.0 Å². The highest BCUT2D eigenvalue weighted by Gasteiger charge is 2.16. The summed E-state index contributed by atoms with van der Waals surface area (Å²) in [5, 5.41) is 25.0. The molecule has 5 N–H and O–H groups in total. The third-order valence-electron chi connectivity index (χ3n) is 3.26. The lowest BCUT2D eigenvalue weighted by Gasteiger charge is -2.11. The molecule has 2 rings (SSSR count). The summed E-state index contributed by atoms with van der Waals surface area (Å²) in [6.07, 6.45) is 1.90. The van der Waals surface area contributed by atoms with Gasteiger partial charge in [0, 0.05) is 40.7 Å². The van der Waals surface area contributed by atoms with Gasteiger partial charge in [-0.15, -0.1) is 0 Å². The Kier molecular flexibility index (Phi) is 7.60. The van der Waals surface area contributed by atoms with Crippen LogP contribution in [0.25, 0.3) is 10.9 Å². The topological polar surface area (TPSA) is 129 Å². The Balaban J connectivity index is 0.000000333. The van der Waals surface area contributed by atoms with E-state index in [4.69, 9.17) is 27.5 Å². The Labute approximate surface area is 150 Å². The summed E-state index contributed by atoms with van der Waals surface area (Å²) in [6.45, 7) is 6.28. The number of benzene rings is 1. The summed E-state index contributed by atoms with van der Waals surface area (Å²) in [6, 6.07) is 3.97. The fourth-order valence-electron chi connectivity index (χ4n) is 2.35. The van der Waals surface area contributed by atoms with Gasteiger partial charge in [-0.3, -0.25) is 5.10 Å². The number of carboxylic acid groups (broad SMARTS) is 2. The molecule has 0 fully saturated rings. The normalized spacial score (nSPS) is 12.2. The molecule has 0 aliphatic carbocycles. The Morgan fingerprint density at radius 3 is 2.24 bits per heavy atom. The molecule has 0 aliphatic heterocycles. The molecule has 25 heavy (non-hydrogen) atoms. The molecule has 8 heteroatoms. The molecule has 0 aliphatic rings. The maximum absolute atomic E-state index is 9.55. The van der Waals surface area contributed by atoms with Crippen LogP contribution in [-0.4, -0.2) is 38.4 Å². The van der Waals surface area contributed by atoms with E-state index in [-0.39, 0.29) is 6.04 Å². The molecule has 1 unspecified atom stereocenters. The van der Waals surface area contributed by atoms with Crippen molar-refractivity contribution in [2.24, 2.45) is 5.73 Å². The molecular formula is C17H22ClN3O4. The van der Waals surface area contributed by atoms with E-state index in [1.54, 1.807) is 0 Å². The zero-order valence-corrected chi connectivity index (χ0v) is 15.0. The van der Waals surface area contributed by atoms with E-state index in [9.17, 15) is 9.59 Å². The fourth-order valence-corrected chi connectivity index (χ4v) is 2.73. The number of aromatic amines is 1. The quantitative estimate of drug-likeness (QED) is 0.601. The van der Waals surface area contributed by atoms with Crippen molar-refractivity contribution in [1.82, 2.24) is 10.2 Å².